The summed E-state index contributed by atoms with van der Waals surface area (Å²) in [4.78, 5) is 4.08. The van der Waals surface area contributed by atoms with Crippen LogP contribution in [0.3, 0.4) is 0 Å². The van der Waals surface area contributed by atoms with Crippen LogP contribution in [-0.2, 0) is 0 Å². The highest BCUT2D eigenvalue weighted by molar-refractivity contribution is 6.30. The summed E-state index contributed by atoms with van der Waals surface area (Å²) in [6.07, 6.45) is 0. The van der Waals surface area contributed by atoms with Gasteiger partial charge >= 0.3 is 0 Å². The van der Waals surface area contributed by atoms with Gasteiger partial charge in [-0.05, 0) is 36.4 Å². The number of hydrogen-bond donors (Lipinski definition) is 2. The molecule has 1 aromatic heterocycles. The molecule has 0 aliphatic heterocycles. The van der Waals surface area contributed by atoms with E-state index in [-0.39, 0.29) is 5.69 Å². The number of pyridine rings is 1. The molecule has 0 amide bonds. The number of halogens is 1. The van der Waals surface area contributed by atoms with Crippen molar-refractivity contribution in [2.75, 3.05) is 11.1 Å². The summed E-state index contributed by atoms with van der Waals surface area (Å²) >= 11 is 5.78. The van der Waals surface area contributed by atoms with Crippen molar-refractivity contribution in [1.29, 1.82) is 5.26 Å². The van der Waals surface area contributed by atoms with Crippen molar-refractivity contribution in [3.8, 4) is 6.07 Å². The zero-order chi connectivity index (χ0) is 12.3. The van der Waals surface area contributed by atoms with Crippen LogP contribution < -0.4 is 11.1 Å². The molecule has 2 aromatic rings. The largest absolute Gasteiger partial charge is 0.396 e. The van der Waals surface area contributed by atoms with Crippen LogP contribution in [0.15, 0.2) is 36.4 Å². The number of rotatable bonds is 2. The minimum Gasteiger partial charge on any atom is -0.396 e. The molecule has 0 unspecified atom stereocenters. The first kappa shape index (κ1) is 11.2. The minimum absolute atomic E-state index is 0.212. The van der Waals surface area contributed by atoms with Gasteiger partial charge in [0.1, 0.15) is 11.9 Å². The van der Waals surface area contributed by atoms with Gasteiger partial charge in [-0.15, -0.1) is 0 Å². The van der Waals surface area contributed by atoms with Gasteiger partial charge in [0.15, 0.2) is 5.69 Å². The highest BCUT2D eigenvalue weighted by atomic mass is 35.5. The summed E-state index contributed by atoms with van der Waals surface area (Å²) < 4.78 is 0. The Morgan fingerprint density at radius 3 is 2.53 bits per heavy atom. The Morgan fingerprint density at radius 2 is 1.88 bits per heavy atom. The SMILES string of the molecule is N#Cc1nc(Nc2ccc(Cl)cc2)ccc1N. The molecular weight excluding hydrogens is 236 g/mol. The van der Waals surface area contributed by atoms with Gasteiger partial charge in [0, 0.05) is 10.7 Å². The Hall–Kier alpha value is -2.25. The lowest BCUT2D eigenvalue weighted by Crippen LogP contribution is -1.98. The van der Waals surface area contributed by atoms with Gasteiger partial charge in [0.05, 0.1) is 5.69 Å². The molecule has 0 atom stereocenters. The maximum Gasteiger partial charge on any atom is 0.165 e. The fraction of sp³-hybridized carbons (Fsp3) is 0. The molecule has 0 aliphatic carbocycles. The summed E-state index contributed by atoms with van der Waals surface area (Å²) in [5.74, 6) is 0.568. The molecule has 3 N–H and O–H groups in total. The van der Waals surface area contributed by atoms with Gasteiger partial charge < -0.3 is 11.1 Å². The highest BCUT2D eigenvalue weighted by Crippen LogP contribution is 2.19. The summed E-state index contributed by atoms with van der Waals surface area (Å²) in [5.41, 5.74) is 7.01. The molecular formula is C12H9ClN4. The number of anilines is 3. The van der Waals surface area contributed by atoms with Crippen molar-refractivity contribution in [2.45, 2.75) is 0 Å². The third kappa shape index (κ3) is 2.65. The molecule has 0 aliphatic rings. The number of nitrogen functional groups attached to an aromatic ring is 1. The normalized spacial score (nSPS) is 9.65. The van der Waals surface area contributed by atoms with Crippen molar-refractivity contribution >= 4 is 28.8 Å². The van der Waals surface area contributed by atoms with Crippen molar-refractivity contribution in [3.05, 3.63) is 47.1 Å². The van der Waals surface area contributed by atoms with E-state index in [4.69, 9.17) is 22.6 Å². The molecule has 0 saturated carbocycles. The number of aromatic nitrogens is 1. The summed E-state index contributed by atoms with van der Waals surface area (Å²) in [5, 5.41) is 12.5. The van der Waals surface area contributed by atoms with Crippen LogP contribution in [0.4, 0.5) is 17.2 Å². The lowest BCUT2D eigenvalue weighted by molar-refractivity contribution is 1.26. The van der Waals surface area contributed by atoms with Gasteiger partial charge in [-0.25, -0.2) is 4.98 Å². The summed E-state index contributed by atoms with van der Waals surface area (Å²) in [6, 6.07) is 12.5. The summed E-state index contributed by atoms with van der Waals surface area (Å²) in [7, 11) is 0. The molecule has 1 heterocycles. The van der Waals surface area contributed by atoms with Crippen LogP contribution in [0.5, 0.6) is 0 Å². The fourth-order valence-electron chi connectivity index (χ4n) is 1.31. The molecule has 0 spiro atoms. The van der Waals surface area contributed by atoms with E-state index in [0.29, 0.717) is 16.5 Å². The smallest absolute Gasteiger partial charge is 0.165 e. The van der Waals surface area contributed by atoms with Crippen molar-refractivity contribution in [3.63, 3.8) is 0 Å². The average Bonchev–Trinajstić information content (AvgIpc) is 2.34. The van der Waals surface area contributed by atoms with E-state index in [1.807, 2.05) is 18.2 Å². The second-order valence-electron chi connectivity index (χ2n) is 3.38. The van der Waals surface area contributed by atoms with Crippen LogP contribution in [0.2, 0.25) is 5.02 Å². The molecule has 2 rings (SSSR count). The van der Waals surface area contributed by atoms with E-state index in [0.717, 1.165) is 5.69 Å². The Morgan fingerprint density at radius 1 is 1.18 bits per heavy atom. The van der Waals surface area contributed by atoms with Gasteiger partial charge in [-0.1, -0.05) is 11.6 Å². The molecule has 0 saturated heterocycles. The van der Waals surface area contributed by atoms with Crippen molar-refractivity contribution < 1.29 is 0 Å². The lowest BCUT2D eigenvalue weighted by Gasteiger charge is -2.06. The molecule has 17 heavy (non-hydrogen) atoms. The number of nitrogens with one attached hydrogen (secondary N) is 1. The number of nitrogens with zero attached hydrogens (tertiary/aromatic N) is 2. The highest BCUT2D eigenvalue weighted by Gasteiger charge is 2.02. The maximum absolute atomic E-state index is 8.81. The summed E-state index contributed by atoms with van der Waals surface area (Å²) in [6.45, 7) is 0. The number of hydrogen-bond acceptors (Lipinski definition) is 4. The van der Waals surface area contributed by atoms with Gasteiger partial charge in [-0.3, -0.25) is 0 Å². The standard InChI is InChI=1S/C12H9ClN4/c13-8-1-3-9(4-2-8)16-12-6-5-10(15)11(7-14)17-12/h1-6H,15H2,(H,16,17). The number of benzene rings is 1. The van der Waals surface area contributed by atoms with Crippen LogP contribution in [0, 0.1) is 11.3 Å². The first-order valence-corrected chi connectivity index (χ1v) is 5.26. The first-order valence-electron chi connectivity index (χ1n) is 4.88. The van der Waals surface area contributed by atoms with E-state index >= 15 is 0 Å². The maximum atomic E-state index is 8.81. The van der Waals surface area contributed by atoms with Gasteiger partial charge in [0.2, 0.25) is 0 Å². The molecule has 84 valence electrons. The molecule has 0 fully saturated rings. The molecule has 4 nitrogen and oxygen atoms in total. The number of nitrogens with two attached hydrogens (primary N) is 1. The molecule has 0 bridgehead atoms. The lowest BCUT2D eigenvalue weighted by atomic mass is 10.3. The van der Waals surface area contributed by atoms with Gasteiger partial charge in [0.25, 0.3) is 0 Å². The van der Waals surface area contributed by atoms with Crippen molar-refractivity contribution in [2.24, 2.45) is 0 Å². The predicted octanol–water partition coefficient (Wildman–Crippen LogP) is 2.93. The first-order chi connectivity index (χ1) is 8.19. The predicted molar refractivity (Wildman–Crippen MR) is 68.1 cm³/mol. The van der Waals surface area contributed by atoms with Gasteiger partial charge in [-0.2, -0.15) is 5.26 Å². The second-order valence-corrected chi connectivity index (χ2v) is 3.81. The van der Waals surface area contributed by atoms with Crippen LogP contribution in [0.1, 0.15) is 5.69 Å². The van der Waals surface area contributed by atoms with Crippen LogP contribution in [-0.4, -0.2) is 4.98 Å². The van der Waals surface area contributed by atoms with Crippen molar-refractivity contribution in [1.82, 2.24) is 4.98 Å². The van der Waals surface area contributed by atoms with Crippen LogP contribution in [0.25, 0.3) is 0 Å². The van der Waals surface area contributed by atoms with E-state index in [9.17, 15) is 0 Å². The van der Waals surface area contributed by atoms with E-state index < -0.39 is 0 Å². The van der Waals surface area contributed by atoms with E-state index in [1.54, 1.807) is 24.3 Å². The second kappa shape index (κ2) is 4.73. The molecule has 5 heteroatoms. The third-order valence-electron chi connectivity index (χ3n) is 2.15. The third-order valence-corrected chi connectivity index (χ3v) is 2.40. The van der Waals surface area contributed by atoms with Crippen LogP contribution >= 0.6 is 11.6 Å². The minimum atomic E-state index is 0.212. The monoisotopic (exact) mass is 244 g/mol. The van der Waals surface area contributed by atoms with E-state index in [1.165, 1.54) is 0 Å². The van der Waals surface area contributed by atoms with E-state index in [2.05, 4.69) is 10.3 Å². The zero-order valence-corrected chi connectivity index (χ0v) is 9.57. The number of nitriles is 1. The Kier molecular flexibility index (Phi) is 3.12. The Labute approximate surface area is 104 Å². The molecule has 0 radical (unpaired) electrons. The quantitative estimate of drug-likeness (QED) is 0.852. The fourth-order valence-corrected chi connectivity index (χ4v) is 1.44. The zero-order valence-electron chi connectivity index (χ0n) is 8.81. The molecule has 1 aromatic carbocycles. The average molecular weight is 245 g/mol. The Balaban J connectivity index is 2.25. The topological polar surface area (TPSA) is 74.7 Å². The Bertz CT molecular complexity index is 572.